The molecule has 2 amide bonds. The van der Waals surface area contributed by atoms with Crippen LogP contribution in [0.25, 0.3) is 0 Å². The number of hydrogen-bond donors (Lipinski definition) is 2. The molecule has 0 radical (unpaired) electrons. The van der Waals surface area contributed by atoms with E-state index in [1.807, 2.05) is 20.8 Å². The molecule has 7 nitrogen and oxygen atoms in total. The lowest BCUT2D eigenvalue weighted by molar-refractivity contribution is -0.274. The Labute approximate surface area is 204 Å². The molecule has 0 aromatic heterocycles. The van der Waals surface area contributed by atoms with Crippen LogP contribution >= 0.6 is 0 Å². The van der Waals surface area contributed by atoms with E-state index in [1.54, 1.807) is 4.90 Å². The first-order valence-electron chi connectivity index (χ1n) is 12.1. The number of piperidine rings is 1. The zero-order valence-electron chi connectivity index (χ0n) is 20.5. The summed E-state index contributed by atoms with van der Waals surface area (Å²) in [5, 5.41) is 14.2. The highest BCUT2D eigenvalue weighted by Crippen LogP contribution is 2.42. The Kier molecular flexibility index (Phi) is 8.24. The van der Waals surface area contributed by atoms with Crippen molar-refractivity contribution < 1.29 is 37.3 Å². The third kappa shape index (κ3) is 7.75. The first-order valence-corrected chi connectivity index (χ1v) is 12.1. The Morgan fingerprint density at radius 2 is 1.63 bits per heavy atom. The van der Waals surface area contributed by atoms with Gasteiger partial charge in [-0.3, -0.25) is 4.79 Å². The van der Waals surface area contributed by atoms with E-state index in [-0.39, 0.29) is 17.8 Å². The number of rotatable bonds is 5. The van der Waals surface area contributed by atoms with E-state index in [4.69, 9.17) is 4.74 Å². The molecule has 1 heterocycles. The molecular weight excluding hydrogens is 465 g/mol. The molecule has 1 aromatic carbocycles. The molecule has 10 heteroatoms. The van der Waals surface area contributed by atoms with Crippen LogP contribution in [0.3, 0.4) is 0 Å². The maximum absolute atomic E-state index is 13.7. The van der Waals surface area contributed by atoms with Crippen molar-refractivity contribution in [3.63, 3.8) is 0 Å². The largest absolute Gasteiger partial charge is 0.573 e. The quantitative estimate of drug-likeness (QED) is 0.602. The van der Waals surface area contributed by atoms with Gasteiger partial charge in [-0.25, -0.2) is 4.79 Å². The number of aliphatic hydroxyl groups is 1. The summed E-state index contributed by atoms with van der Waals surface area (Å²) in [6, 6.07) is 5.18. The number of halogens is 3. The third-order valence-electron chi connectivity index (χ3n) is 6.46. The van der Waals surface area contributed by atoms with E-state index in [9.17, 15) is 27.9 Å². The van der Waals surface area contributed by atoms with E-state index < -0.39 is 29.5 Å². The van der Waals surface area contributed by atoms with Crippen LogP contribution in [0.2, 0.25) is 0 Å². The Morgan fingerprint density at radius 3 is 2.14 bits per heavy atom. The number of carbonyl (C=O) groups is 2. The van der Waals surface area contributed by atoms with Gasteiger partial charge in [-0.15, -0.1) is 13.2 Å². The van der Waals surface area contributed by atoms with E-state index >= 15 is 0 Å². The lowest BCUT2D eigenvalue weighted by Gasteiger charge is -2.42. The molecule has 2 N–H and O–H groups in total. The molecule has 1 aromatic rings. The third-order valence-corrected chi connectivity index (χ3v) is 6.46. The first kappa shape index (κ1) is 27.1. The molecule has 0 bridgehead atoms. The van der Waals surface area contributed by atoms with Gasteiger partial charge in [0.25, 0.3) is 0 Å². The van der Waals surface area contributed by atoms with Crippen LogP contribution in [-0.2, 0) is 9.53 Å². The molecule has 1 unspecified atom stereocenters. The summed E-state index contributed by atoms with van der Waals surface area (Å²) in [6.07, 6.45) is -1.32. The van der Waals surface area contributed by atoms with Crippen molar-refractivity contribution in [1.29, 1.82) is 0 Å². The number of nitrogens with one attached hydrogen (secondary N) is 1. The predicted molar refractivity (Wildman–Crippen MR) is 123 cm³/mol. The number of benzene rings is 1. The minimum absolute atomic E-state index is 0.267. The van der Waals surface area contributed by atoms with E-state index in [0.29, 0.717) is 44.3 Å². The van der Waals surface area contributed by atoms with E-state index in [2.05, 4.69) is 10.1 Å². The molecular formula is C25H35F3N2O5. The number of alkyl carbamates (subject to hydrolysis) is 1. The molecule has 2 fully saturated rings. The van der Waals surface area contributed by atoms with Crippen molar-refractivity contribution in [3.05, 3.63) is 29.8 Å². The second kappa shape index (κ2) is 10.6. The standard InChI is InChI=1S/C25H35F3N2O5/c1-23(2,3)29-22(32)34-18-11-15-30(16-12-18)21(31)20(24(33)13-5-4-6-14-24)17-7-9-19(10-8-17)35-25(26,27)28/h7-10,18,20,33H,4-6,11-16H2,1-3H3,(H,29,32). The van der Waals surface area contributed by atoms with Crippen LogP contribution < -0.4 is 10.1 Å². The maximum atomic E-state index is 13.7. The van der Waals surface area contributed by atoms with Gasteiger partial charge in [0.05, 0.1) is 11.5 Å². The SMILES string of the molecule is CC(C)(C)NC(=O)OC1CCN(C(=O)C(c2ccc(OC(F)(F)F)cc2)C2(O)CCCCC2)CC1. The molecule has 1 aliphatic carbocycles. The summed E-state index contributed by atoms with van der Waals surface area (Å²) < 4.78 is 47.1. The normalized spacial score (nSPS) is 20.1. The summed E-state index contributed by atoms with van der Waals surface area (Å²) in [5.74, 6) is -1.55. The van der Waals surface area contributed by atoms with Gasteiger partial charge in [0.15, 0.2) is 0 Å². The summed E-state index contributed by atoms with van der Waals surface area (Å²) in [7, 11) is 0. The molecule has 3 rings (SSSR count). The minimum atomic E-state index is -4.81. The van der Waals surface area contributed by atoms with Crippen LogP contribution in [0.1, 0.15) is 77.2 Å². The molecule has 1 saturated heterocycles. The lowest BCUT2D eigenvalue weighted by atomic mass is 9.72. The summed E-state index contributed by atoms with van der Waals surface area (Å²) in [6.45, 7) is 6.27. The Balaban J connectivity index is 1.72. The van der Waals surface area contributed by atoms with Crippen LogP contribution in [-0.4, -0.2) is 58.7 Å². The van der Waals surface area contributed by atoms with Gasteiger partial charge >= 0.3 is 12.5 Å². The van der Waals surface area contributed by atoms with Crippen LogP contribution in [0.15, 0.2) is 24.3 Å². The Hall–Kier alpha value is -2.49. The van der Waals surface area contributed by atoms with Gasteiger partial charge in [-0.05, 0) is 51.3 Å². The zero-order valence-corrected chi connectivity index (χ0v) is 20.5. The highest BCUT2D eigenvalue weighted by atomic mass is 19.4. The lowest BCUT2D eigenvalue weighted by Crippen LogP contribution is -2.51. The van der Waals surface area contributed by atoms with E-state index in [1.165, 1.54) is 24.3 Å². The van der Waals surface area contributed by atoms with Gasteiger partial charge in [0.2, 0.25) is 5.91 Å². The highest BCUT2D eigenvalue weighted by Gasteiger charge is 2.45. The van der Waals surface area contributed by atoms with Gasteiger partial charge in [-0.1, -0.05) is 31.4 Å². The number of likely N-dealkylation sites (tertiary alicyclic amines) is 1. The smallest absolute Gasteiger partial charge is 0.446 e. The van der Waals surface area contributed by atoms with Crippen molar-refractivity contribution in [3.8, 4) is 5.75 Å². The second-order valence-corrected chi connectivity index (χ2v) is 10.5. The second-order valence-electron chi connectivity index (χ2n) is 10.5. The number of carbonyl (C=O) groups excluding carboxylic acids is 2. The maximum Gasteiger partial charge on any atom is 0.573 e. The number of nitrogens with zero attached hydrogens (tertiary/aromatic N) is 1. The molecule has 196 valence electrons. The van der Waals surface area contributed by atoms with Crippen LogP contribution in [0.5, 0.6) is 5.75 Å². The Morgan fingerprint density at radius 1 is 1.06 bits per heavy atom. The van der Waals surface area contributed by atoms with Gasteiger partial charge in [0, 0.05) is 31.5 Å². The zero-order chi connectivity index (χ0) is 25.9. The average molecular weight is 501 g/mol. The van der Waals surface area contributed by atoms with Crippen molar-refractivity contribution in [2.75, 3.05) is 13.1 Å². The summed E-state index contributed by atoms with van der Waals surface area (Å²) >= 11 is 0. The van der Waals surface area contributed by atoms with E-state index in [0.717, 1.165) is 19.3 Å². The van der Waals surface area contributed by atoms with Crippen molar-refractivity contribution >= 4 is 12.0 Å². The molecule has 1 atom stereocenters. The molecule has 2 aliphatic rings. The fourth-order valence-electron chi connectivity index (χ4n) is 4.86. The van der Waals surface area contributed by atoms with Gasteiger partial charge < -0.3 is 24.8 Å². The fraction of sp³-hybridized carbons (Fsp3) is 0.680. The van der Waals surface area contributed by atoms with Crippen molar-refractivity contribution in [1.82, 2.24) is 10.2 Å². The van der Waals surface area contributed by atoms with Crippen LogP contribution in [0, 0.1) is 0 Å². The first-order chi connectivity index (χ1) is 16.3. The molecule has 0 spiro atoms. The van der Waals surface area contributed by atoms with Gasteiger partial charge in [0.1, 0.15) is 11.9 Å². The molecule has 1 aliphatic heterocycles. The Bertz CT molecular complexity index is 869. The summed E-state index contributed by atoms with van der Waals surface area (Å²) in [4.78, 5) is 27.4. The van der Waals surface area contributed by atoms with Crippen molar-refractivity contribution in [2.45, 2.75) is 95.2 Å². The predicted octanol–water partition coefficient (Wildman–Crippen LogP) is 4.88. The average Bonchev–Trinajstić information content (AvgIpc) is 2.73. The number of alkyl halides is 3. The van der Waals surface area contributed by atoms with Crippen LogP contribution in [0.4, 0.5) is 18.0 Å². The number of ether oxygens (including phenoxy) is 2. The highest BCUT2D eigenvalue weighted by molar-refractivity contribution is 5.85. The van der Waals surface area contributed by atoms with Gasteiger partial charge in [-0.2, -0.15) is 0 Å². The number of hydrogen-bond acceptors (Lipinski definition) is 5. The van der Waals surface area contributed by atoms with Crippen molar-refractivity contribution in [2.24, 2.45) is 0 Å². The monoisotopic (exact) mass is 500 g/mol. The summed E-state index contributed by atoms with van der Waals surface area (Å²) in [5.41, 5.74) is -1.24. The minimum Gasteiger partial charge on any atom is -0.446 e. The number of amides is 2. The fourth-order valence-corrected chi connectivity index (χ4v) is 4.86. The molecule has 35 heavy (non-hydrogen) atoms. The topological polar surface area (TPSA) is 88.1 Å². The molecule has 1 saturated carbocycles.